The molecule has 2 aromatic heterocycles. The number of thiazole rings is 2. The molecule has 0 aliphatic carbocycles. The first kappa shape index (κ1) is 36.3. The van der Waals surface area contributed by atoms with Gasteiger partial charge < -0.3 is 31.0 Å². The number of ether oxygens (including phenoxy) is 4. The Balaban J connectivity index is 0.000000294. The van der Waals surface area contributed by atoms with Crippen LogP contribution in [0.4, 0.5) is 0 Å². The fraction of sp³-hybridized carbons (Fsp3) is 0.406. The Morgan fingerprint density at radius 2 is 1.23 bits per heavy atom. The molecule has 2 fully saturated rings. The summed E-state index contributed by atoms with van der Waals surface area (Å²) in [7, 11) is 3.33. The number of hydrogen-bond donors (Lipinski definition) is 1. The summed E-state index contributed by atoms with van der Waals surface area (Å²) < 4.78 is 21.2. The van der Waals surface area contributed by atoms with Crippen molar-refractivity contribution >= 4 is 40.0 Å². The van der Waals surface area contributed by atoms with Crippen molar-refractivity contribution in [2.45, 2.75) is 36.6 Å². The van der Waals surface area contributed by atoms with Crippen LogP contribution in [0, 0.1) is 6.57 Å². The first-order chi connectivity index (χ1) is 20.5. The van der Waals surface area contributed by atoms with Crippen molar-refractivity contribution in [3.05, 3.63) is 80.7 Å². The van der Waals surface area contributed by atoms with Gasteiger partial charge in [0, 0.05) is 47.1 Å². The topological polar surface area (TPSA) is 93.1 Å². The van der Waals surface area contributed by atoms with Crippen molar-refractivity contribution in [2.75, 3.05) is 47.2 Å². The molecule has 8 nitrogen and oxygen atoms in total. The van der Waals surface area contributed by atoms with Crippen molar-refractivity contribution in [1.82, 2.24) is 9.97 Å². The molecule has 12 heteroatoms. The molecule has 2 aromatic carbocycles. The van der Waals surface area contributed by atoms with Gasteiger partial charge >= 0.3 is 18.9 Å². The number of aromatic nitrogens is 2. The van der Waals surface area contributed by atoms with Crippen LogP contribution in [0.15, 0.2) is 59.3 Å². The van der Waals surface area contributed by atoms with Gasteiger partial charge in [-0.1, -0.05) is 0 Å². The summed E-state index contributed by atoms with van der Waals surface area (Å²) in [6.07, 6.45) is 3.37. The van der Waals surface area contributed by atoms with Crippen LogP contribution in [0.5, 0.6) is 11.5 Å². The van der Waals surface area contributed by atoms with E-state index in [4.69, 9.17) is 41.2 Å². The fourth-order valence-electron chi connectivity index (χ4n) is 5.14. The number of nitrogens with two attached hydrogens (primary N) is 1. The molecule has 2 aliphatic heterocycles. The molecule has 4 aromatic rings. The molecule has 0 unspecified atom stereocenters. The van der Waals surface area contributed by atoms with Gasteiger partial charge in [-0.25, -0.2) is 16.5 Å². The first-order valence-electron chi connectivity index (χ1n) is 14.0. The number of hydrogen-bond acceptors (Lipinski definition) is 9. The van der Waals surface area contributed by atoms with Crippen LogP contribution in [0.25, 0.3) is 27.4 Å². The van der Waals surface area contributed by atoms with E-state index in [-0.39, 0.29) is 43.1 Å². The molecule has 2 saturated heterocycles. The molecule has 2 aliphatic rings. The van der Waals surface area contributed by atoms with Crippen molar-refractivity contribution in [3.63, 3.8) is 0 Å². The van der Waals surface area contributed by atoms with E-state index in [1.165, 1.54) is 0 Å². The molecule has 2 N–H and O–H groups in total. The Morgan fingerprint density at radius 3 is 1.66 bits per heavy atom. The zero-order valence-corrected chi connectivity index (χ0v) is 26.6. The zero-order valence-electron chi connectivity index (χ0n) is 26.0. The standard InChI is InChI=1S/C16H16N2O2S.C16H20N2O2S.Al.Li.4H/c1-17-16(7-9-20-10-8-16)15-18-14(11-21-15)12-3-5-13(19-2)6-4-12;1-19-13-4-2-12(3-5-13)14-10-21-15(18-14)16(11-17)6-8-20-9-7-16;;;;;;/h3-6,11H,7-10H2,2H3;2-5,10H,6-9,11,17H2,1H3;;;;;;/q;;;+1;;;;-1. The van der Waals surface area contributed by atoms with E-state index in [1.54, 1.807) is 36.9 Å². The van der Waals surface area contributed by atoms with E-state index in [2.05, 4.69) is 10.2 Å². The minimum absolute atomic E-state index is 0. The maximum atomic E-state index is 7.57. The second kappa shape index (κ2) is 16.9. The van der Waals surface area contributed by atoms with E-state index in [0.29, 0.717) is 19.8 Å². The van der Waals surface area contributed by atoms with E-state index in [0.717, 1.165) is 82.9 Å². The van der Waals surface area contributed by atoms with Gasteiger partial charge in [0.15, 0.2) is 22.4 Å². The first-order valence-corrected chi connectivity index (χ1v) is 15.8. The van der Waals surface area contributed by atoms with Gasteiger partial charge in [-0.3, -0.25) is 0 Å². The summed E-state index contributed by atoms with van der Waals surface area (Å²) in [5, 5.41) is 6.19. The third-order valence-electron chi connectivity index (χ3n) is 8.01. The average Bonchev–Trinajstić information content (AvgIpc) is 3.78. The second-order valence-electron chi connectivity index (χ2n) is 10.4. The van der Waals surface area contributed by atoms with Crippen LogP contribution < -0.4 is 34.1 Å². The minimum atomic E-state index is -0.492. The number of nitrogens with zero attached hydrogens (tertiary/aromatic N) is 3. The average molecular weight is 643 g/mol. The third-order valence-corrected chi connectivity index (χ3v) is 10.1. The summed E-state index contributed by atoms with van der Waals surface area (Å²) in [4.78, 5) is 13.4. The summed E-state index contributed by atoms with van der Waals surface area (Å²) in [6, 6.07) is 15.8. The Labute approximate surface area is 291 Å². The SMILES string of the molecule is COc1ccc(-c2csc(C3(CN)CCOCC3)n2)cc1.[AlH3].[C-]#[N+]C1(c2nc(-c3ccc(OC)cc3)cs2)CCOCC1.[H-].[Li+]. The van der Waals surface area contributed by atoms with Gasteiger partial charge in [0.2, 0.25) is 0 Å². The van der Waals surface area contributed by atoms with Gasteiger partial charge in [-0.2, -0.15) is 0 Å². The summed E-state index contributed by atoms with van der Waals surface area (Å²) in [5.74, 6) is 1.69. The van der Waals surface area contributed by atoms with Crippen LogP contribution in [0.1, 0.15) is 37.1 Å². The quantitative estimate of drug-likeness (QED) is 0.245. The Bertz CT molecular complexity index is 1490. The molecular formula is C32H40AlLiN4O4S2. The molecule has 44 heavy (non-hydrogen) atoms. The van der Waals surface area contributed by atoms with Crippen molar-refractivity contribution < 1.29 is 39.2 Å². The van der Waals surface area contributed by atoms with E-state index in [9.17, 15) is 0 Å². The number of methoxy groups -OCH3 is 2. The predicted octanol–water partition coefficient (Wildman–Crippen LogP) is 2.50. The molecule has 0 saturated carbocycles. The van der Waals surface area contributed by atoms with Crippen molar-refractivity contribution in [2.24, 2.45) is 5.73 Å². The Morgan fingerprint density at radius 1 is 0.795 bits per heavy atom. The van der Waals surface area contributed by atoms with Gasteiger partial charge in [-0.05, 0) is 61.4 Å². The fourth-order valence-corrected chi connectivity index (χ4v) is 7.28. The van der Waals surface area contributed by atoms with Gasteiger partial charge in [-0.15, -0.1) is 22.7 Å². The van der Waals surface area contributed by atoms with Crippen LogP contribution in [0.3, 0.4) is 0 Å². The molecule has 0 bridgehead atoms. The summed E-state index contributed by atoms with van der Waals surface area (Å²) in [5.41, 5.74) is 9.64. The summed E-state index contributed by atoms with van der Waals surface area (Å²) >= 11 is 3.28. The molecule has 6 rings (SSSR count). The molecular weight excluding hydrogens is 602 g/mol. The third kappa shape index (κ3) is 8.14. The van der Waals surface area contributed by atoms with E-state index in [1.807, 2.05) is 53.9 Å². The molecule has 4 heterocycles. The van der Waals surface area contributed by atoms with E-state index < -0.39 is 5.54 Å². The van der Waals surface area contributed by atoms with Crippen molar-refractivity contribution in [3.8, 4) is 34.0 Å². The van der Waals surface area contributed by atoms with Crippen molar-refractivity contribution in [1.29, 1.82) is 0 Å². The van der Waals surface area contributed by atoms with Gasteiger partial charge in [0.05, 0.1) is 51.7 Å². The number of benzene rings is 2. The van der Waals surface area contributed by atoms with E-state index >= 15 is 0 Å². The number of rotatable bonds is 7. The van der Waals surface area contributed by atoms with Crippen LogP contribution in [-0.2, 0) is 20.4 Å². The van der Waals surface area contributed by atoms with Crippen LogP contribution in [-0.4, -0.2) is 74.5 Å². The molecule has 0 amide bonds. The largest absolute Gasteiger partial charge is 1.00 e. The minimum Gasteiger partial charge on any atom is -1.00 e. The Hall–Kier alpha value is -2.20. The summed E-state index contributed by atoms with van der Waals surface area (Å²) in [6.45, 7) is 11.0. The second-order valence-corrected chi connectivity index (χ2v) is 12.1. The molecule has 0 spiro atoms. The maximum Gasteiger partial charge on any atom is 1.00 e. The molecule has 228 valence electrons. The molecule has 0 atom stereocenters. The predicted molar refractivity (Wildman–Crippen MR) is 178 cm³/mol. The monoisotopic (exact) mass is 642 g/mol. The smallest absolute Gasteiger partial charge is 1.00 e. The van der Waals surface area contributed by atoms with Crippen LogP contribution >= 0.6 is 22.7 Å². The Kier molecular flexibility index (Phi) is 13.9. The molecule has 0 radical (unpaired) electrons. The normalized spacial score (nSPS) is 16.6. The van der Waals surface area contributed by atoms with Gasteiger partial charge in [0.1, 0.15) is 16.5 Å². The zero-order chi connectivity index (χ0) is 29.4. The van der Waals surface area contributed by atoms with Gasteiger partial charge in [0.25, 0.3) is 5.54 Å². The maximum absolute atomic E-state index is 7.57. The van der Waals surface area contributed by atoms with Crippen LogP contribution in [0.2, 0.25) is 0 Å².